The van der Waals surface area contributed by atoms with Crippen molar-refractivity contribution in [3.63, 3.8) is 0 Å². The van der Waals surface area contributed by atoms with Crippen molar-refractivity contribution in [1.29, 1.82) is 0 Å². The summed E-state index contributed by atoms with van der Waals surface area (Å²) in [5.41, 5.74) is 1.04. The second-order valence-corrected chi connectivity index (χ2v) is 5.45. The van der Waals surface area contributed by atoms with Crippen LogP contribution in [0.1, 0.15) is 6.42 Å². The molecule has 0 heterocycles. The van der Waals surface area contributed by atoms with Crippen LogP contribution in [0.25, 0.3) is 0 Å². The molecule has 6 nitrogen and oxygen atoms in total. The highest BCUT2D eigenvalue weighted by Gasteiger charge is 2.06. The van der Waals surface area contributed by atoms with Crippen molar-refractivity contribution in [3.05, 3.63) is 84.5 Å². The zero-order chi connectivity index (χ0) is 22.2. The van der Waals surface area contributed by atoms with Gasteiger partial charge in [-0.25, -0.2) is 8.78 Å². The molecule has 9 heteroatoms. The third-order valence-electron chi connectivity index (χ3n) is 3.00. The first-order chi connectivity index (χ1) is 13.7. The van der Waals surface area contributed by atoms with E-state index in [0.29, 0.717) is 11.2 Å². The van der Waals surface area contributed by atoms with Gasteiger partial charge in [-0.15, -0.1) is 0 Å². The lowest BCUT2D eigenvalue weighted by molar-refractivity contribution is -0.123. The fourth-order valence-electron chi connectivity index (χ4n) is 1.58. The van der Waals surface area contributed by atoms with Crippen LogP contribution in [0.2, 0.25) is 0 Å². The minimum absolute atomic E-state index is 0.0266. The fraction of sp³-hybridized carbons (Fsp3) is 0.200. The summed E-state index contributed by atoms with van der Waals surface area (Å²) in [6.07, 6.45) is 5.80. The minimum Gasteiger partial charge on any atom is -0.494 e. The molecule has 0 rings (SSSR count). The van der Waals surface area contributed by atoms with E-state index in [1.807, 2.05) is 0 Å². The Bertz CT molecular complexity index is 756. The van der Waals surface area contributed by atoms with E-state index in [9.17, 15) is 18.4 Å². The minimum atomic E-state index is -0.752. The molecule has 0 fully saturated rings. The second kappa shape index (κ2) is 14.9. The van der Waals surface area contributed by atoms with E-state index in [4.69, 9.17) is 16.3 Å². The Kier molecular flexibility index (Phi) is 13.3. The van der Waals surface area contributed by atoms with Gasteiger partial charge in [0.2, 0.25) is 5.91 Å². The van der Waals surface area contributed by atoms with E-state index >= 15 is 0 Å². The van der Waals surface area contributed by atoms with Crippen LogP contribution in [0.4, 0.5) is 8.78 Å². The fourth-order valence-corrected chi connectivity index (χ4v) is 1.64. The number of nitrogens with one attached hydrogen (secondary N) is 2. The van der Waals surface area contributed by atoms with E-state index in [-0.39, 0.29) is 24.5 Å². The number of amides is 2. The van der Waals surface area contributed by atoms with Crippen LogP contribution < -0.4 is 10.6 Å². The molecule has 0 saturated carbocycles. The summed E-state index contributed by atoms with van der Waals surface area (Å²) in [5, 5.41) is 5.00. The topological polar surface area (TPSA) is 76.7 Å². The summed E-state index contributed by atoms with van der Waals surface area (Å²) in [6, 6.07) is 0. The van der Waals surface area contributed by atoms with Crippen molar-refractivity contribution in [3.8, 4) is 0 Å². The number of ether oxygens (including phenoxy) is 2. The third kappa shape index (κ3) is 12.8. The summed E-state index contributed by atoms with van der Waals surface area (Å²) in [7, 11) is 1.28. The number of hydrogen-bond acceptors (Lipinski definition) is 4. The van der Waals surface area contributed by atoms with Crippen molar-refractivity contribution in [2.75, 3.05) is 20.3 Å². The molecule has 0 aliphatic rings. The van der Waals surface area contributed by atoms with Gasteiger partial charge in [0.15, 0.2) is 12.4 Å². The Morgan fingerprint density at radius 2 is 1.93 bits per heavy atom. The van der Waals surface area contributed by atoms with E-state index in [2.05, 4.69) is 35.1 Å². The summed E-state index contributed by atoms with van der Waals surface area (Å²) in [5.74, 6) is -2.57. The summed E-state index contributed by atoms with van der Waals surface area (Å²) in [4.78, 5) is 23.4. The SMILES string of the molecule is C=C/C(=C\C(F)=C\Cl)OCC(=O)NC(=C)CCNC(=O)/C=C/C=C(/F)C(=C)OC. The number of allylic oxidation sites excluding steroid dienone is 6. The molecule has 29 heavy (non-hydrogen) atoms. The smallest absolute Gasteiger partial charge is 0.262 e. The average molecular weight is 429 g/mol. The van der Waals surface area contributed by atoms with Crippen molar-refractivity contribution in [2.24, 2.45) is 0 Å². The van der Waals surface area contributed by atoms with Gasteiger partial charge in [0.05, 0.1) is 7.11 Å². The second-order valence-electron chi connectivity index (χ2n) is 5.23. The zero-order valence-electron chi connectivity index (χ0n) is 16.0. The van der Waals surface area contributed by atoms with E-state index in [1.54, 1.807) is 0 Å². The van der Waals surface area contributed by atoms with Gasteiger partial charge in [-0.1, -0.05) is 37.4 Å². The van der Waals surface area contributed by atoms with Gasteiger partial charge >= 0.3 is 0 Å². The van der Waals surface area contributed by atoms with Gasteiger partial charge in [-0.05, 0) is 12.2 Å². The van der Waals surface area contributed by atoms with Gasteiger partial charge < -0.3 is 20.1 Å². The Labute approximate surface area is 173 Å². The summed E-state index contributed by atoms with van der Waals surface area (Å²) >= 11 is 5.19. The molecule has 0 aromatic heterocycles. The Morgan fingerprint density at radius 1 is 1.24 bits per heavy atom. The van der Waals surface area contributed by atoms with Crippen LogP contribution in [-0.4, -0.2) is 32.1 Å². The lowest BCUT2D eigenvalue weighted by Crippen LogP contribution is -2.29. The molecule has 0 atom stereocenters. The summed E-state index contributed by atoms with van der Waals surface area (Å²) in [6.45, 7) is 10.2. The largest absolute Gasteiger partial charge is 0.494 e. The third-order valence-corrected chi connectivity index (χ3v) is 3.21. The average Bonchev–Trinajstić information content (AvgIpc) is 2.69. The first kappa shape index (κ1) is 25.9. The molecule has 0 radical (unpaired) electrons. The maximum absolute atomic E-state index is 13.3. The maximum atomic E-state index is 13.3. The van der Waals surface area contributed by atoms with E-state index in [1.165, 1.54) is 19.3 Å². The molecule has 2 amide bonds. The number of carbonyl (C=O) groups excluding carboxylic acids is 2. The van der Waals surface area contributed by atoms with Gasteiger partial charge in [-0.3, -0.25) is 9.59 Å². The molecule has 0 aliphatic carbocycles. The van der Waals surface area contributed by atoms with Crippen LogP contribution in [0.15, 0.2) is 84.5 Å². The predicted molar refractivity (Wildman–Crippen MR) is 109 cm³/mol. The Morgan fingerprint density at radius 3 is 2.52 bits per heavy atom. The van der Waals surface area contributed by atoms with Crippen molar-refractivity contribution >= 4 is 23.4 Å². The number of halogens is 3. The van der Waals surface area contributed by atoms with Crippen LogP contribution >= 0.6 is 11.6 Å². The molecule has 0 aromatic carbocycles. The molecule has 0 bridgehead atoms. The highest BCUT2D eigenvalue weighted by atomic mass is 35.5. The standard InChI is InChI=1S/C20H23ClF2N2O4/c1-5-17(11-16(22)12-21)29-13-20(27)25-14(2)9-10-24-19(26)8-6-7-18(23)15(3)28-4/h5-8,11-12H,1-3,9-10,13H2,4H3,(H,24,26)(H,25,27)/b8-6+,16-12-,17-11+,18-7+. The number of hydrogen-bond donors (Lipinski definition) is 2. The molecule has 0 aromatic rings. The maximum Gasteiger partial charge on any atom is 0.262 e. The first-order valence-electron chi connectivity index (χ1n) is 8.18. The zero-order valence-corrected chi connectivity index (χ0v) is 16.7. The molecular weight excluding hydrogens is 406 g/mol. The van der Waals surface area contributed by atoms with Gasteiger partial charge in [0.1, 0.15) is 17.3 Å². The van der Waals surface area contributed by atoms with Gasteiger partial charge in [0.25, 0.3) is 5.91 Å². The highest BCUT2D eigenvalue weighted by molar-refractivity contribution is 6.25. The van der Waals surface area contributed by atoms with Crippen molar-refractivity contribution in [2.45, 2.75) is 6.42 Å². The van der Waals surface area contributed by atoms with Gasteiger partial charge in [-0.2, -0.15) is 0 Å². The van der Waals surface area contributed by atoms with Crippen LogP contribution in [0.5, 0.6) is 0 Å². The Balaban J connectivity index is 4.25. The normalized spacial score (nSPS) is 12.3. The molecule has 2 N–H and O–H groups in total. The molecule has 0 spiro atoms. The highest BCUT2D eigenvalue weighted by Crippen LogP contribution is 2.09. The summed E-state index contributed by atoms with van der Waals surface area (Å²) < 4.78 is 36.0. The van der Waals surface area contributed by atoms with Crippen LogP contribution in [-0.2, 0) is 19.1 Å². The Hall–Kier alpha value is -3.13. The van der Waals surface area contributed by atoms with Crippen molar-refractivity contribution in [1.82, 2.24) is 10.6 Å². The lowest BCUT2D eigenvalue weighted by Gasteiger charge is -2.10. The lowest BCUT2D eigenvalue weighted by atomic mass is 10.3. The number of rotatable bonds is 13. The van der Waals surface area contributed by atoms with Crippen LogP contribution in [0, 0.1) is 0 Å². The monoisotopic (exact) mass is 428 g/mol. The number of carbonyl (C=O) groups is 2. The predicted octanol–water partition coefficient (Wildman–Crippen LogP) is 3.83. The number of methoxy groups -OCH3 is 1. The van der Waals surface area contributed by atoms with E-state index < -0.39 is 30.1 Å². The van der Waals surface area contributed by atoms with Gasteiger partial charge in [0, 0.05) is 36.3 Å². The molecule has 0 saturated heterocycles. The molecule has 158 valence electrons. The molecular formula is C20H23ClF2N2O4. The quantitative estimate of drug-likeness (QED) is 0.265. The van der Waals surface area contributed by atoms with Crippen LogP contribution in [0.3, 0.4) is 0 Å². The molecule has 0 unspecified atom stereocenters. The first-order valence-corrected chi connectivity index (χ1v) is 8.62. The van der Waals surface area contributed by atoms with Crippen molar-refractivity contribution < 1.29 is 27.8 Å². The molecule has 0 aliphatic heterocycles. The van der Waals surface area contributed by atoms with E-state index in [0.717, 1.165) is 18.2 Å².